The van der Waals surface area contributed by atoms with Crippen LogP contribution in [0.2, 0.25) is 0 Å². The molecule has 0 N–H and O–H groups in total. The molecule has 4 rings (SSSR count). The van der Waals surface area contributed by atoms with Crippen molar-refractivity contribution in [1.29, 1.82) is 0 Å². The van der Waals surface area contributed by atoms with Crippen molar-refractivity contribution in [2.45, 2.75) is 5.92 Å². The van der Waals surface area contributed by atoms with E-state index in [2.05, 4.69) is 42.5 Å². The van der Waals surface area contributed by atoms with Gasteiger partial charge in [-0.25, -0.2) is 0 Å². The van der Waals surface area contributed by atoms with Crippen LogP contribution in [0.4, 0.5) is 0 Å². The Labute approximate surface area is 171 Å². The van der Waals surface area contributed by atoms with Crippen LogP contribution in [-0.4, -0.2) is 27.9 Å². The predicted molar refractivity (Wildman–Crippen MR) is 114 cm³/mol. The summed E-state index contributed by atoms with van der Waals surface area (Å²) in [5, 5.41) is 0. The Kier molecular flexibility index (Phi) is 5.43. The predicted octanol–water partition coefficient (Wildman–Crippen LogP) is 5.32. The molecule has 1 aliphatic rings. The average Bonchev–Trinajstić information content (AvgIpc) is 2.78. The number of benzene rings is 3. The van der Waals surface area contributed by atoms with E-state index in [1.54, 1.807) is 21.3 Å². The Hall–Kier alpha value is -3.40. The van der Waals surface area contributed by atoms with Crippen LogP contribution in [0.3, 0.4) is 0 Å². The van der Waals surface area contributed by atoms with E-state index in [4.69, 9.17) is 18.9 Å². The molecule has 0 saturated heterocycles. The maximum Gasteiger partial charge on any atom is 0.203 e. The number of methoxy groups -OCH3 is 3. The molecule has 1 atom stereocenters. The minimum atomic E-state index is -0.0186. The van der Waals surface area contributed by atoms with Crippen LogP contribution in [-0.2, 0) is 0 Å². The summed E-state index contributed by atoms with van der Waals surface area (Å²) in [7, 11) is 4.88. The summed E-state index contributed by atoms with van der Waals surface area (Å²) in [6.45, 7) is 0.486. The van der Waals surface area contributed by atoms with Crippen molar-refractivity contribution in [2.75, 3.05) is 27.9 Å². The first-order chi connectivity index (χ1) is 14.3. The summed E-state index contributed by atoms with van der Waals surface area (Å²) in [6.07, 6.45) is 2.19. The summed E-state index contributed by atoms with van der Waals surface area (Å²) in [5.41, 5.74) is 4.41. The average molecular weight is 388 g/mol. The molecule has 0 fully saturated rings. The zero-order chi connectivity index (χ0) is 20.2. The fraction of sp³-hybridized carbons (Fsp3) is 0.200. The van der Waals surface area contributed by atoms with E-state index < -0.39 is 0 Å². The van der Waals surface area contributed by atoms with Gasteiger partial charge in [0.25, 0.3) is 0 Å². The fourth-order valence-corrected chi connectivity index (χ4v) is 3.89. The maximum atomic E-state index is 6.16. The van der Waals surface area contributed by atoms with E-state index in [-0.39, 0.29) is 5.92 Å². The lowest BCUT2D eigenvalue weighted by Gasteiger charge is -2.32. The smallest absolute Gasteiger partial charge is 0.203 e. The van der Waals surface area contributed by atoms with Gasteiger partial charge in [0.15, 0.2) is 11.5 Å². The van der Waals surface area contributed by atoms with E-state index >= 15 is 0 Å². The van der Waals surface area contributed by atoms with Crippen molar-refractivity contribution in [3.8, 4) is 23.0 Å². The lowest BCUT2D eigenvalue weighted by Crippen LogP contribution is -2.20. The standard InChI is InChI=1S/C25H24O4/c1-26-21-15-20-23(25(28-3)24(21)27-2)22(18-12-8-5-9-13-18)19(16-29-20)14-17-10-6-4-7-11-17/h4-15,22H,16H2,1-3H3. The Morgan fingerprint density at radius 1 is 0.828 bits per heavy atom. The number of fused-ring (bicyclic) bond motifs is 1. The number of hydrogen-bond acceptors (Lipinski definition) is 4. The lowest BCUT2D eigenvalue weighted by atomic mass is 9.81. The molecule has 0 bridgehead atoms. The third-order valence-corrected chi connectivity index (χ3v) is 5.17. The topological polar surface area (TPSA) is 36.9 Å². The summed E-state index contributed by atoms with van der Waals surface area (Å²) in [4.78, 5) is 0. The van der Waals surface area contributed by atoms with Gasteiger partial charge in [-0.2, -0.15) is 0 Å². The number of hydrogen-bond donors (Lipinski definition) is 0. The monoisotopic (exact) mass is 388 g/mol. The molecule has 1 aliphatic heterocycles. The molecule has 0 aliphatic carbocycles. The SMILES string of the molecule is COc1cc2c(c(OC)c1OC)C(c1ccccc1)C(=Cc1ccccc1)CO2. The zero-order valence-electron chi connectivity index (χ0n) is 16.8. The van der Waals surface area contributed by atoms with Gasteiger partial charge in [-0.1, -0.05) is 66.7 Å². The van der Waals surface area contributed by atoms with Crippen LogP contribution in [0.1, 0.15) is 22.6 Å². The Morgan fingerprint density at radius 2 is 1.48 bits per heavy atom. The quantitative estimate of drug-likeness (QED) is 0.593. The van der Waals surface area contributed by atoms with E-state index in [9.17, 15) is 0 Å². The van der Waals surface area contributed by atoms with Gasteiger partial charge in [-0.05, 0) is 16.7 Å². The first-order valence-corrected chi connectivity index (χ1v) is 9.53. The summed E-state index contributed by atoms with van der Waals surface area (Å²) in [6, 6.07) is 22.6. The molecule has 0 spiro atoms. The van der Waals surface area contributed by atoms with Crippen LogP contribution in [0.15, 0.2) is 72.3 Å². The number of rotatable bonds is 5. The van der Waals surface area contributed by atoms with E-state index in [1.165, 1.54) is 5.56 Å². The molecule has 3 aromatic rings. The molecule has 0 aromatic heterocycles. The van der Waals surface area contributed by atoms with E-state index in [0.29, 0.717) is 23.9 Å². The fourth-order valence-electron chi connectivity index (χ4n) is 3.89. The Bertz CT molecular complexity index is 1010. The van der Waals surface area contributed by atoms with Crippen LogP contribution >= 0.6 is 0 Å². The summed E-state index contributed by atoms with van der Waals surface area (Å²) < 4.78 is 23.1. The largest absolute Gasteiger partial charge is 0.493 e. The number of ether oxygens (including phenoxy) is 4. The minimum absolute atomic E-state index is 0.0186. The highest BCUT2D eigenvalue weighted by Crippen LogP contribution is 2.53. The molecular weight excluding hydrogens is 364 g/mol. The lowest BCUT2D eigenvalue weighted by molar-refractivity contribution is 0.293. The van der Waals surface area contributed by atoms with Crippen LogP contribution in [0.25, 0.3) is 6.08 Å². The molecule has 4 heteroatoms. The van der Waals surface area contributed by atoms with Gasteiger partial charge in [-0.3, -0.25) is 0 Å². The second-order valence-electron chi connectivity index (χ2n) is 6.82. The molecule has 1 unspecified atom stereocenters. The van der Waals surface area contributed by atoms with Crippen molar-refractivity contribution in [3.63, 3.8) is 0 Å². The molecule has 0 radical (unpaired) electrons. The first-order valence-electron chi connectivity index (χ1n) is 9.53. The highest BCUT2D eigenvalue weighted by atomic mass is 16.5. The van der Waals surface area contributed by atoms with Gasteiger partial charge >= 0.3 is 0 Å². The van der Waals surface area contributed by atoms with Crippen molar-refractivity contribution in [3.05, 3.63) is 89.0 Å². The molecule has 0 amide bonds. The van der Waals surface area contributed by atoms with Crippen LogP contribution in [0.5, 0.6) is 23.0 Å². The van der Waals surface area contributed by atoms with Gasteiger partial charge in [-0.15, -0.1) is 0 Å². The Balaban J connectivity index is 1.96. The van der Waals surface area contributed by atoms with Crippen molar-refractivity contribution >= 4 is 6.08 Å². The zero-order valence-corrected chi connectivity index (χ0v) is 16.8. The molecule has 4 nitrogen and oxygen atoms in total. The second kappa shape index (κ2) is 8.31. The summed E-state index contributed by atoms with van der Waals surface area (Å²) in [5.74, 6) is 2.52. The van der Waals surface area contributed by atoms with Gasteiger partial charge in [0.05, 0.1) is 26.9 Å². The highest BCUT2D eigenvalue weighted by Gasteiger charge is 2.34. The molecule has 3 aromatic carbocycles. The van der Waals surface area contributed by atoms with Crippen molar-refractivity contribution < 1.29 is 18.9 Å². The normalized spacial score (nSPS) is 16.7. The molecular formula is C25H24O4. The third-order valence-electron chi connectivity index (χ3n) is 5.17. The van der Waals surface area contributed by atoms with Crippen molar-refractivity contribution in [2.24, 2.45) is 0 Å². The highest BCUT2D eigenvalue weighted by molar-refractivity contribution is 5.69. The molecule has 29 heavy (non-hydrogen) atoms. The van der Waals surface area contributed by atoms with Gasteiger partial charge in [0.1, 0.15) is 12.4 Å². The van der Waals surface area contributed by atoms with Gasteiger partial charge in [0.2, 0.25) is 5.75 Å². The van der Waals surface area contributed by atoms with Crippen LogP contribution in [0, 0.1) is 0 Å². The summed E-state index contributed by atoms with van der Waals surface area (Å²) >= 11 is 0. The molecule has 1 heterocycles. The van der Waals surface area contributed by atoms with Crippen molar-refractivity contribution in [1.82, 2.24) is 0 Å². The van der Waals surface area contributed by atoms with E-state index in [1.807, 2.05) is 30.3 Å². The van der Waals surface area contributed by atoms with E-state index in [0.717, 1.165) is 22.4 Å². The second-order valence-corrected chi connectivity index (χ2v) is 6.82. The van der Waals surface area contributed by atoms with Gasteiger partial charge in [0, 0.05) is 12.0 Å². The van der Waals surface area contributed by atoms with Gasteiger partial charge < -0.3 is 18.9 Å². The molecule has 0 saturated carbocycles. The molecule has 148 valence electrons. The van der Waals surface area contributed by atoms with Crippen LogP contribution < -0.4 is 18.9 Å². The maximum absolute atomic E-state index is 6.16. The minimum Gasteiger partial charge on any atom is -0.493 e. The third kappa shape index (κ3) is 3.54. The Morgan fingerprint density at radius 3 is 2.10 bits per heavy atom. The first kappa shape index (κ1) is 18.9.